The largest absolute Gasteiger partial charge is 0.481 e. The molecule has 0 radical (unpaired) electrons. The molecule has 2 aromatic rings. The Morgan fingerprint density at radius 3 is 2.54 bits per heavy atom. The summed E-state index contributed by atoms with van der Waals surface area (Å²) in [6.07, 6.45) is 1.06. The van der Waals surface area contributed by atoms with Crippen molar-refractivity contribution in [3.8, 4) is 11.1 Å². The fourth-order valence-corrected chi connectivity index (χ4v) is 3.35. The number of aliphatic carboxylic acids is 1. The highest BCUT2D eigenvalue weighted by Gasteiger charge is 2.17. The summed E-state index contributed by atoms with van der Waals surface area (Å²) in [7, 11) is -3.33. The van der Waals surface area contributed by atoms with Crippen LogP contribution in [0.5, 0.6) is 0 Å². The SMILES string of the molecule is CS(=O)(=O)c1cccc(-c2cc([C@H](CN)CC(=O)O)ccc2Cl)c1. The van der Waals surface area contributed by atoms with Crippen LogP contribution in [0.3, 0.4) is 0 Å². The summed E-state index contributed by atoms with van der Waals surface area (Å²) in [6.45, 7) is 0.191. The molecule has 0 saturated carbocycles. The first-order valence-electron chi connectivity index (χ1n) is 7.24. The summed E-state index contributed by atoms with van der Waals surface area (Å²) < 4.78 is 23.5. The molecule has 3 N–H and O–H groups in total. The third kappa shape index (κ3) is 4.35. The fourth-order valence-electron chi connectivity index (χ4n) is 2.46. The minimum Gasteiger partial charge on any atom is -0.481 e. The van der Waals surface area contributed by atoms with E-state index >= 15 is 0 Å². The molecular formula is C17H18ClNO4S. The van der Waals surface area contributed by atoms with Crippen LogP contribution in [0.2, 0.25) is 5.02 Å². The van der Waals surface area contributed by atoms with Gasteiger partial charge in [0.1, 0.15) is 0 Å². The van der Waals surface area contributed by atoms with Gasteiger partial charge in [-0.1, -0.05) is 29.8 Å². The number of carbonyl (C=O) groups is 1. The molecule has 1 atom stereocenters. The van der Waals surface area contributed by atoms with E-state index in [-0.39, 0.29) is 23.8 Å². The molecule has 7 heteroatoms. The quantitative estimate of drug-likeness (QED) is 0.818. The standard InChI is InChI=1S/C17H18ClNO4S/c1-24(22,23)14-4-2-3-12(7-14)15-8-11(5-6-16(15)18)13(10-19)9-17(20)21/h2-8,13H,9-10,19H2,1H3,(H,20,21)/t13-/m0/s1. The van der Waals surface area contributed by atoms with E-state index in [0.29, 0.717) is 16.1 Å². The first-order valence-corrected chi connectivity index (χ1v) is 9.51. The first-order chi connectivity index (χ1) is 11.2. The number of hydrogen-bond donors (Lipinski definition) is 2. The molecule has 0 amide bonds. The second-order valence-electron chi connectivity index (χ2n) is 5.57. The van der Waals surface area contributed by atoms with Crippen molar-refractivity contribution >= 4 is 27.4 Å². The molecule has 0 saturated heterocycles. The van der Waals surface area contributed by atoms with Gasteiger partial charge in [0, 0.05) is 22.8 Å². The molecule has 0 spiro atoms. The number of rotatable bonds is 6. The maximum Gasteiger partial charge on any atom is 0.304 e. The zero-order valence-electron chi connectivity index (χ0n) is 13.1. The Hall–Kier alpha value is -1.89. The molecule has 0 aliphatic heterocycles. The number of benzene rings is 2. The lowest BCUT2D eigenvalue weighted by Gasteiger charge is -2.15. The van der Waals surface area contributed by atoms with E-state index in [2.05, 4.69) is 0 Å². The molecule has 0 heterocycles. The van der Waals surface area contributed by atoms with Crippen molar-refractivity contribution in [2.75, 3.05) is 12.8 Å². The molecule has 0 aliphatic rings. The number of sulfone groups is 1. The van der Waals surface area contributed by atoms with Gasteiger partial charge in [-0.05, 0) is 41.9 Å². The van der Waals surface area contributed by atoms with E-state index in [1.165, 1.54) is 6.07 Å². The summed E-state index contributed by atoms with van der Waals surface area (Å²) in [5.41, 5.74) is 7.73. The van der Waals surface area contributed by atoms with E-state index in [9.17, 15) is 13.2 Å². The van der Waals surface area contributed by atoms with Gasteiger partial charge in [-0.3, -0.25) is 4.79 Å². The molecule has 2 aromatic carbocycles. The normalized spacial score (nSPS) is 12.8. The summed E-state index contributed by atoms with van der Waals surface area (Å²) in [5.74, 6) is -1.27. The van der Waals surface area contributed by atoms with Crippen LogP contribution in [0, 0.1) is 0 Å². The number of halogens is 1. The van der Waals surface area contributed by atoms with Gasteiger partial charge in [-0.15, -0.1) is 0 Å². The lowest BCUT2D eigenvalue weighted by atomic mass is 9.92. The van der Waals surface area contributed by atoms with Gasteiger partial charge in [0.25, 0.3) is 0 Å². The average Bonchev–Trinajstić information content (AvgIpc) is 2.52. The molecule has 2 rings (SSSR count). The van der Waals surface area contributed by atoms with Crippen LogP contribution in [-0.4, -0.2) is 32.3 Å². The fraction of sp³-hybridized carbons (Fsp3) is 0.235. The van der Waals surface area contributed by atoms with E-state index in [1.807, 2.05) is 0 Å². The van der Waals surface area contributed by atoms with Crippen LogP contribution >= 0.6 is 11.6 Å². The van der Waals surface area contributed by atoms with Crippen molar-refractivity contribution < 1.29 is 18.3 Å². The second kappa shape index (κ2) is 7.34. The van der Waals surface area contributed by atoms with Crippen molar-refractivity contribution in [3.63, 3.8) is 0 Å². The van der Waals surface area contributed by atoms with E-state index in [1.54, 1.807) is 36.4 Å². The van der Waals surface area contributed by atoms with Gasteiger partial charge >= 0.3 is 5.97 Å². The van der Waals surface area contributed by atoms with Crippen LogP contribution < -0.4 is 5.73 Å². The van der Waals surface area contributed by atoms with Gasteiger partial charge in [-0.25, -0.2) is 8.42 Å². The number of hydrogen-bond acceptors (Lipinski definition) is 4. The highest BCUT2D eigenvalue weighted by atomic mass is 35.5. The average molecular weight is 368 g/mol. The Bertz CT molecular complexity index is 865. The van der Waals surface area contributed by atoms with Crippen molar-refractivity contribution in [2.45, 2.75) is 17.2 Å². The highest BCUT2D eigenvalue weighted by Crippen LogP contribution is 2.33. The molecule has 0 aromatic heterocycles. The van der Waals surface area contributed by atoms with Crippen LogP contribution in [0.1, 0.15) is 17.9 Å². The van der Waals surface area contributed by atoms with Crippen LogP contribution in [0.15, 0.2) is 47.4 Å². The maximum absolute atomic E-state index is 11.7. The monoisotopic (exact) mass is 367 g/mol. The Morgan fingerprint density at radius 2 is 1.96 bits per heavy atom. The lowest BCUT2D eigenvalue weighted by Crippen LogP contribution is -2.16. The van der Waals surface area contributed by atoms with Crippen molar-refractivity contribution in [3.05, 3.63) is 53.1 Å². The predicted molar refractivity (Wildman–Crippen MR) is 94.0 cm³/mol. The summed E-state index contributed by atoms with van der Waals surface area (Å²) in [4.78, 5) is 11.2. The van der Waals surface area contributed by atoms with E-state index in [4.69, 9.17) is 22.4 Å². The van der Waals surface area contributed by atoms with Crippen LogP contribution in [0.4, 0.5) is 0 Å². The Balaban J connectivity index is 2.51. The summed E-state index contributed by atoms with van der Waals surface area (Å²) >= 11 is 6.25. The first kappa shape index (κ1) is 18.4. The van der Waals surface area contributed by atoms with Gasteiger partial charge in [-0.2, -0.15) is 0 Å². The second-order valence-corrected chi connectivity index (χ2v) is 7.99. The minimum atomic E-state index is -3.33. The summed E-state index contributed by atoms with van der Waals surface area (Å²) in [5, 5.41) is 9.45. The molecule has 0 unspecified atom stereocenters. The Labute approximate surface area is 146 Å². The Morgan fingerprint density at radius 1 is 1.25 bits per heavy atom. The number of carboxylic acids is 1. The molecule has 0 bridgehead atoms. The van der Waals surface area contributed by atoms with Gasteiger partial charge in [0.2, 0.25) is 0 Å². The van der Waals surface area contributed by atoms with Crippen LogP contribution in [-0.2, 0) is 14.6 Å². The van der Waals surface area contributed by atoms with E-state index < -0.39 is 15.8 Å². The molecular weight excluding hydrogens is 350 g/mol. The molecule has 0 fully saturated rings. The van der Waals surface area contributed by atoms with Crippen molar-refractivity contribution in [1.82, 2.24) is 0 Å². The molecule has 0 aliphatic carbocycles. The molecule has 24 heavy (non-hydrogen) atoms. The number of carboxylic acid groups (broad SMARTS) is 1. The zero-order valence-corrected chi connectivity index (χ0v) is 14.6. The zero-order chi connectivity index (χ0) is 17.9. The predicted octanol–water partition coefficient (Wildman–Crippen LogP) is 2.93. The van der Waals surface area contributed by atoms with Gasteiger partial charge in [0.05, 0.1) is 11.3 Å². The lowest BCUT2D eigenvalue weighted by molar-refractivity contribution is -0.137. The maximum atomic E-state index is 11.7. The van der Waals surface area contributed by atoms with Crippen molar-refractivity contribution in [2.24, 2.45) is 5.73 Å². The molecule has 128 valence electrons. The van der Waals surface area contributed by atoms with E-state index in [0.717, 1.165) is 11.8 Å². The smallest absolute Gasteiger partial charge is 0.304 e. The third-order valence-corrected chi connectivity index (χ3v) is 5.18. The number of nitrogens with two attached hydrogens (primary N) is 1. The van der Waals surface area contributed by atoms with Gasteiger partial charge in [0.15, 0.2) is 9.84 Å². The minimum absolute atomic E-state index is 0.0824. The third-order valence-electron chi connectivity index (χ3n) is 3.74. The topological polar surface area (TPSA) is 97.5 Å². The van der Waals surface area contributed by atoms with Crippen LogP contribution in [0.25, 0.3) is 11.1 Å². The Kier molecular flexibility index (Phi) is 5.64. The molecule has 5 nitrogen and oxygen atoms in total. The summed E-state index contributed by atoms with van der Waals surface area (Å²) in [6, 6.07) is 11.7. The van der Waals surface area contributed by atoms with Gasteiger partial charge < -0.3 is 10.8 Å². The van der Waals surface area contributed by atoms with Crippen molar-refractivity contribution in [1.29, 1.82) is 0 Å². The highest BCUT2D eigenvalue weighted by molar-refractivity contribution is 7.90.